The smallest absolute Gasteiger partial charge is 0.416 e. The molecule has 0 spiro atoms. The lowest BCUT2D eigenvalue weighted by atomic mass is 10.1. The molecule has 0 unspecified atom stereocenters. The number of hydrogen-bond donors (Lipinski definition) is 1. The van der Waals surface area contributed by atoms with Crippen LogP contribution >= 0.6 is 0 Å². The van der Waals surface area contributed by atoms with Crippen molar-refractivity contribution in [3.05, 3.63) is 77.0 Å². The van der Waals surface area contributed by atoms with Gasteiger partial charge in [-0.25, -0.2) is 0 Å². The quantitative estimate of drug-likeness (QED) is 0.563. The fourth-order valence-electron chi connectivity index (χ4n) is 2.89. The number of furan rings is 1. The number of rotatable bonds is 7. The Hall–Kier alpha value is -3.22. The molecule has 2 aromatic carbocycles. The number of aliphatic carboxylic acids is 1. The monoisotopic (exact) mass is 404 g/mol. The van der Waals surface area contributed by atoms with Crippen molar-refractivity contribution in [2.45, 2.75) is 25.9 Å². The van der Waals surface area contributed by atoms with E-state index < -0.39 is 17.7 Å². The molecule has 0 atom stereocenters. The van der Waals surface area contributed by atoms with Gasteiger partial charge in [0.2, 0.25) is 0 Å². The van der Waals surface area contributed by atoms with Crippen molar-refractivity contribution in [3.8, 4) is 17.1 Å². The molecule has 0 bridgehead atoms. The SMILES string of the molecule is Cc1oc(-c2ccc(C(F)(F)F)cc2)cc1CCOc1ccc(CC(=O)O)cc1. The highest BCUT2D eigenvalue weighted by Crippen LogP contribution is 2.32. The van der Waals surface area contributed by atoms with Crippen LogP contribution in [0.5, 0.6) is 5.75 Å². The molecule has 0 aliphatic rings. The summed E-state index contributed by atoms with van der Waals surface area (Å²) in [5.41, 5.74) is 1.47. The summed E-state index contributed by atoms with van der Waals surface area (Å²) in [6.45, 7) is 2.18. The van der Waals surface area contributed by atoms with E-state index in [9.17, 15) is 18.0 Å². The number of ether oxygens (including phenoxy) is 1. The van der Waals surface area contributed by atoms with Crippen molar-refractivity contribution in [2.24, 2.45) is 0 Å². The van der Waals surface area contributed by atoms with E-state index in [-0.39, 0.29) is 6.42 Å². The first-order chi connectivity index (χ1) is 13.7. The van der Waals surface area contributed by atoms with Gasteiger partial charge < -0.3 is 14.3 Å². The van der Waals surface area contributed by atoms with Gasteiger partial charge in [-0.1, -0.05) is 24.3 Å². The zero-order valence-electron chi connectivity index (χ0n) is 15.6. The molecule has 1 aromatic heterocycles. The largest absolute Gasteiger partial charge is 0.493 e. The summed E-state index contributed by atoms with van der Waals surface area (Å²) in [6.07, 6.45) is -3.85. The molecule has 3 aromatic rings. The number of carboxylic acids is 1. The van der Waals surface area contributed by atoms with Crippen molar-refractivity contribution in [1.82, 2.24) is 0 Å². The molecule has 0 saturated heterocycles. The Balaban J connectivity index is 1.60. The Morgan fingerprint density at radius 3 is 2.31 bits per heavy atom. The predicted molar refractivity (Wildman–Crippen MR) is 101 cm³/mol. The lowest BCUT2D eigenvalue weighted by Gasteiger charge is -2.06. The molecular formula is C22H19F3O4. The van der Waals surface area contributed by atoms with E-state index in [1.807, 2.05) is 0 Å². The van der Waals surface area contributed by atoms with E-state index in [0.717, 1.165) is 17.7 Å². The summed E-state index contributed by atoms with van der Waals surface area (Å²) in [5.74, 6) is 0.922. The van der Waals surface area contributed by atoms with Crippen molar-refractivity contribution in [1.29, 1.82) is 0 Å². The molecule has 1 N–H and O–H groups in total. The number of hydrogen-bond acceptors (Lipinski definition) is 3. The minimum absolute atomic E-state index is 0.0405. The van der Waals surface area contributed by atoms with E-state index in [2.05, 4.69) is 0 Å². The summed E-state index contributed by atoms with van der Waals surface area (Å²) < 4.78 is 49.4. The van der Waals surface area contributed by atoms with Gasteiger partial charge in [-0.15, -0.1) is 0 Å². The lowest BCUT2D eigenvalue weighted by Crippen LogP contribution is -2.03. The van der Waals surface area contributed by atoms with Crippen LogP contribution in [0, 0.1) is 6.92 Å². The third kappa shape index (κ3) is 5.40. The van der Waals surface area contributed by atoms with Gasteiger partial charge in [-0.05, 0) is 48.4 Å². The average Bonchev–Trinajstić information content (AvgIpc) is 3.03. The Morgan fingerprint density at radius 2 is 1.72 bits per heavy atom. The number of carboxylic acid groups (broad SMARTS) is 1. The molecule has 1 heterocycles. The molecule has 152 valence electrons. The Labute approximate surface area is 165 Å². The number of halogens is 3. The van der Waals surface area contributed by atoms with Crippen LogP contribution in [0.4, 0.5) is 13.2 Å². The van der Waals surface area contributed by atoms with Crippen LogP contribution in [0.15, 0.2) is 59.0 Å². The second-order valence-electron chi connectivity index (χ2n) is 6.58. The van der Waals surface area contributed by atoms with Gasteiger partial charge >= 0.3 is 12.1 Å². The molecular weight excluding hydrogens is 385 g/mol. The van der Waals surface area contributed by atoms with Crippen LogP contribution in [0.2, 0.25) is 0 Å². The second-order valence-corrected chi connectivity index (χ2v) is 6.58. The maximum atomic E-state index is 12.7. The summed E-state index contributed by atoms with van der Waals surface area (Å²) in [7, 11) is 0. The van der Waals surface area contributed by atoms with Gasteiger partial charge in [0.25, 0.3) is 0 Å². The van der Waals surface area contributed by atoms with E-state index in [1.165, 1.54) is 12.1 Å². The fraction of sp³-hybridized carbons (Fsp3) is 0.227. The highest BCUT2D eigenvalue weighted by Gasteiger charge is 2.30. The van der Waals surface area contributed by atoms with Gasteiger partial charge in [0.1, 0.15) is 17.3 Å². The summed E-state index contributed by atoms with van der Waals surface area (Å²) in [6, 6.07) is 13.5. The van der Waals surface area contributed by atoms with Crippen LogP contribution in [0.3, 0.4) is 0 Å². The molecule has 3 rings (SSSR count). The molecule has 0 fully saturated rings. The van der Waals surface area contributed by atoms with Crippen LogP contribution in [-0.4, -0.2) is 17.7 Å². The summed E-state index contributed by atoms with van der Waals surface area (Å²) >= 11 is 0. The standard InChI is InChI=1S/C22H19F3O4/c1-14-17(10-11-28-19-8-2-15(3-9-19)12-21(26)27)13-20(29-14)16-4-6-18(7-5-16)22(23,24)25/h2-9,13H,10-12H2,1H3,(H,26,27). The number of benzene rings is 2. The molecule has 0 aliphatic carbocycles. The van der Waals surface area contributed by atoms with Gasteiger partial charge in [-0.3, -0.25) is 4.79 Å². The minimum atomic E-state index is -4.37. The molecule has 0 amide bonds. The first-order valence-electron chi connectivity index (χ1n) is 8.93. The highest BCUT2D eigenvalue weighted by molar-refractivity contribution is 5.70. The van der Waals surface area contributed by atoms with Gasteiger partial charge in [0.05, 0.1) is 18.6 Å². The summed E-state index contributed by atoms with van der Waals surface area (Å²) in [5, 5.41) is 8.77. The maximum absolute atomic E-state index is 12.7. The average molecular weight is 404 g/mol. The molecule has 0 radical (unpaired) electrons. The maximum Gasteiger partial charge on any atom is 0.416 e. The predicted octanol–water partition coefficient (Wildman–Crippen LogP) is 5.52. The molecule has 7 heteroatoms. The van der Waals surface area contributed by atoms with Gasteiger partial charge in [0, 0.05) is 12.0 Å². The Bertz CT molecular complexity index is 971. The molecule has 4 nitrogen and oxygen atoms in total. The third-order valence-corrected chi connectivity index (χ3v) is 4.44. The number of aryl methyl sites for hydroxylation is 1. The normalized spacial score (nSPS) is 11.4. The third-order valence-electron chi connectivity index (χ3n) is 4.44. The molecule has 29 heavy (non-hydrogen) atoms. The van der Waals surface area contributed by atoms with E-state index in [4.69, 9.17) is 14.3 Å². The number of carbonyl (C=O) groups is 1. The van der Waals surface area contributed by atoms with Crippen molar-refractivity contribution in [2.75, 3.05) is 6.61 Å². The van der Waals surface area contributed by atoms with Crippen molar-refractivity contribution < 1.29 is 32.2 Å². The number of alkyl halides is 3. The summed E-state index contributed by atoms with van der Waals surface area (Å²) in [4.78, 5) is 10.7. The zero-order valence-corrected chi connectivity index (χ0v) is 15.6. The van der Waals surface area contributed by atoms with E-state index in [0.29, 0.717) is 41.4 Å². The van der Waals surface area contributed by atoms with E-state index >= 15 is 0 Å². The zero-order chi connectivity index (χ0) is 21.0. The van der Waals surface area contributed by atoms with Crippen molar-refractivity contribution in [3.63, 3.8) is 0 Å². The first kappa shape index (κ1) is 20.5. The van der Waals surface area contributed by atoms with Crippen molar-refractivity contribution >= 4 is 5.97 Å². The van der Waals surface area contributed by atoms with Crippen LogP contribution < -0.4 is 4.74 Å². The molecule has 0 aliphatic heterocycles. The highest BCUT2D eigenvalue weighted by atomic mass is 19.4. The Morgan fingerprint density at radius 1 is 1.07 bits per heavy atom. The fourth-order valence-corrected chi connectivity index (χ4v) is 2.89. The van der Waals surface area contributed by atoms with E-state index in [1.54, 1.807) is 37.3 Å². The van der Waals surface area contributed by atoms with Gasteiger partial charge in [-0.2, -0.15) is 13.2 Å². The topological polar surface area (TPSA) is 59.7 Å². The minimum Gasteiger partial charge on any atom is -0.493 e. The van der Waals surface area contributed by atoms with Crippen LogP contribution in [-0.2, 0) is 23.8 Å². The molecule has 0 saturated carbocycles. The van der Waals surface area contributed by atoms with Crippen LogP contribution in [0.25, 0.3) is 11.3 Å². The second kappa shape index (κ2) is 8.43. The lowest BCUT2D eigenvalue weighted by molar-refractivity contribution is -0.138. The van der Waals surface area contributed by atoms with Crippen LogP contribution in [0.1, 0.15) is 22.5 Å². The van der Waals surface area contributed by atoms with Gasteiger partial charge in [0.15, 0.2) is 0 Å². The first-order valence-corrected chi connectivity index (χ1v) is 8.93. The Kier molecular flexibility index (Phi) is 5.96.